The fraction of sp³-hybridized carbons (Fsp3) is 0.615. The molecule has 0 saturated carbocycles. The Morgan fingerprint density at radius 2 is 2.28 bits per heavy atom. The average molecular weight is 288 g/mol. The maximum atomic E-state index is 6.24. The summed E-state index contributed by atoms with van der Waals surface area (Å²) in [6.07, 6.45) is 4.12. The molecule has 18 heavy (non-hydrogen) atoms. The Morgan fingerprint density at radius 1 is 1.50 bits per heavy atom. The standard InChI is InChI=1S/C13H19Cl2N3/c1-9(2)18(8-11-4-3-5-16-11)13-12(15)6-10(14)7-17-13/h6-7,9,11,16H,3-5,8H2,1-2H3. The number of hydrogen-bond acceptors (Lipinski definition) is 3. The maximum Gasteiger partial charge on any atom is 0.147 e. The van der Waals surface area contributed by atoms with E-state index in [0.29, 0.717) is 22.1 Å². The summed E-state index contributed by atoms with van der Waals surface area (Å²) in [4.78, 5) is 6.61. The molecule has 2 heterocycles. The van der Waals surface area contributed by atoms with Gasteiger partial charge in [0, 0.05) is 24.8 Å². The van der Waals surface area contributed by atoms with E-state index in [-0.39, 0.29) is 0 Å². The van der Waals surface area contributed by atoms with Crippen LogP contribution in [0.3, 0.4) is 0 Å². The van der Waals surface area contributed by atoms with Crippen LogP contribution in [0.4, 0.5) is 5.82 Å². The van der Waals surface area contributed by atoms with E-state index in [1.807, 2.05) is 0 Å². The van der Waals surface area contributed by atoms with Crippen molar-refractivity contribution in [1.82, 2.24) is 10.3 Å². The second-order valence-electron chi connectivity index (χ2n) is 5.00. The Morgan fingerprint density at radius 3 is 2.83 bits per heavy atom. The number of pyridine rings is 1. The van der Waals surface area contributed by atoms with Crippen molar-refractivity contribution in [3.8, 4) is 0 Å². The molecule has 1 unspecified atom stereocenters. The maximum absolute atomic E-state index is 6.24. The number of anilines is 1. The van der Waals surface area contributed by atoms with Crippen LogP contribution in [0, 0.1) is 0 Å². The third kappa shape index (κ3) is 3.28. The summed E-state index contributed by atoms with van der Waals surface area (Å²) in [5, 5.41) is 4.70. The molecule has 0 aliphatic carbocycles. The van der Waals surface area contributed by atoms with Crippen molar-refractivity contribution < 1.29 is 0 Å². The van der Waals surface area contributed by atoms with Crippen molar-refractivity contribution >= 4 is 29.0 Å². The molecule has 1 aromatic rings. The van der Waals surface area contributed by atoms with E-state index < -0.39 is 0 Å². The zero-order valence-corrected chi connectivity index (χ0v) is 12.3. The van der Waals surface area contributed by atoms with Crippen molar-refractivity contribution in [3.63, 3.8) is 0 Å². The molecule has 1 saturated heterocycles. The largest absolute Gasteiger partial charge is 0.351 e. The van der Waals surface area contributed by atoms with Crippen LogP contribution in [0.2, 0.25) is 10.0 Å². The van der Waals surface area contributed by atoms with Crippen molar-refractivity contribution in [2.24, 2.45) is 0 Å². The fourth-order valence-corrected chi connectivity index (χ4v) is 2.80. The lowest BCUT2D eigenvalue weighted by Gasteiger charge is -2.31. The summed E-state index contributed by atoms with van der Waals surface area (Å²) < 4.78 is 0. The molecular formula is C13H19Cl2N3. The van der Waals surface area contributed by atoms with Gasteiger partial charge >= 0.3 is 0 Å². The molecule has 3 nitrogen and oxygen atoms in total. The Hall–Kier alpha value is -0.510. The molecule has 0 spiro atoms. The first-order valence-corrected chi connectivity index (χ1v) is 7.14. The van der Waals surface area contributed by atoms with Gasteiger partial charge in [-0.2, -0.15) is 0 Å². The van der Waals surface area contributed by atoms with Gasteiger partial charge < -0.3 is 10.2 Å². The van der Waals surface area contributed by atoms with Crippen LogP contribution in [-0.2, 0) is 0 Å². The molecule has 1 aliphatic rings. The second kappa shape index (κ2) is 6.09. The van der Waals surface area contributed by atoms with Gasteiger partial charge in [-0.05, 0) is 39.3 Å². The molecule has 1 fully saturated rings. The van der Waals surface area contributed by atoms with Gasteiger partial charge in [-0.25, -0.2) is 4.98 Å². The zero-order valence-electron chi connectivity index (χ0n) is 10.8. The fourth-order valence-electron chi connectivity index (χ4n) is 2.31. The van der Waals surface area contributed by atoms with E-state index in [4.69, 9.17) is 23.2 Å². The molecular weight excluding hydrogens is 269 g/mol. The number of rotatable bonds is 4. The molecule has 5 heteroatoms. The summed E-state index contributed by atoms with van der Waals surface area (Å²) in [6, 6.07) is 2.64. The molecule has 0 radical (unpaired) electrons. The Balaban J connectivity index is 2.17. The van der Waals surface area contributed by atoms with E-state index in [0.717, 1.165) is 18.9 Å². The lowest BCUT2D eigenvalue weighted by molar-refractivity contribution is 0.549. The van der Waals surface area contributed by atoms with Crippen LogP contribution in [0.5, 0.6) is 0 Å². The molecule has 1 N–H and O–H groups in total. The highest BCUT2D eigenvalue weighted by molar-refractivity contribution is 6.36. The molecule has 1 atom stereocenters. The summed E-state index contributed by atoms with van der Waals surface area (Å²) in [7, 11) is 0. The minimum atomic E-state index is 0.360. The van der Waals surface area contributed by atoms with E-state index in [2.05, 4.69) is 29.0 Å². The second-order valence-corrected chi connectivity index (χ2v) is 5.84. The van der Waals surface area contributed by atoms with Crippen LogP contribution >= 0.6 is 23.2 Å². The normalized spacial score (nSPS) is 19.5. The smallest absolute Gasteiger partial charge is 0.147 e. The molecule has 100 valence electrons. The molecule has 1 aliphatic heterocycles. The third-order valence-electron chi connectivity index (χ3n) is 3.26. The van der Waals surface area contributed by atoms with Crippen LogP contribution in [0.1, 0.15) is 26.7 Å². The number of hydrogen-bond donors (Lipinski definition) is 1. The molecule has 0 bridgehead atoms. The predicted octanol–water partition coefficient (Wildman–Crippen LogP) is 3.36. The molecule has 0 amide bonds. The average Bonchev–Trinajstić information content (AvgIpc) is 2.79. The summed E-state index contributed by atoms with van der Waals surface area (Å²) in [5.74, 6) is 0.824. The van der Waals surface area contributed by atoms with Crippen molar-refractivity contribution in [1.29, 1.82) is 0 Å². The van der Waals surface area contributed by atoms with Crippen molar-refractivity contribution in [2.45, 2.75) is 38.8 Å². The molecule has 1 aromatic heterocycles. The van der Waals surface area contributed by atoms with E-state index in [9.17, 15) is 0 Å². The highest BCUT2D eigenvalue weighted by Crippen LogP contribution is 2.28. The first-order valence-electron chi connectivity index (χ1n) is 6.39. The highest BCUT2D eigenvalue weighted by atomic mass is 35.5. The van der Waals surface area contributed by atoms with Crippen molar-refractivity contribution in [2.75, 3.05) is 18.0 Å². The first kappa shape index (κ1) is 13.9. The van der Waals surface area contributed by atoms with Gasteiger partial charge in [0.15, 0.2) is 0 Å². The highest BCUT2D eigenvalue weighted by Gasteiger charge is 2.22. The lowest BCUT2D eigenvalue weighted by Crippen LogP contribution is -2.42. The SMILES string of the molecule is CC(C)N(CC1CCCN1)c1ncc(Cl)cc1Cl. The zero-order chi connectivity index (χ0) is 13.1. The molecule has 0 aromatic carbocycles. The Bertz CT molecular complexity index is 403. The van der Waals surface area contributed by atoms with E-state index in [1.54, 1.807) is 12.3 Å². The minimum absolute atomic E-state index is 0.360. The summed E-state index contributed by atoms with van der Waals surface area (Å²) in [6.45, 7) is 6.35. The first-order chi connectivity index (χ1) is 8.58. The van der Waals surface area contributed by atoms with Crippen LogP contribution in [0.15, 0.2) is 12.3 Å². The monoisotopic (exact) mass is 287 g/mol. The predicted molar refractivity (Wildman–Crippen MR) is 77.8 cm³/mol. The minimum Gasteiger partial charge on any atom is -0.351 e. The van der Waals surface area contributed by atoms with Crippen LogP contribution < -0.4 is 10.2 Å². The topological polar surface area (TPSA) is 28.2 Å². The van der Waals surface area contributed by atoms with Gasteiger partial charge in [-0.15, -0.1) is 0 Å². The van der Waals surface area contributed by atoms with Gasteiger partial charge in [0.25, 0.3) is 0 Å². The molecule has 2 rings (SSSR count). The van der Waals surface area contributed by atoms with E-state index in [1.165, 1.54) is 12.8 Å². The quantitative estimate of drug-likeness (QED) is 0.921. The summed E-state index contributed by atoms with van der Waals surface area (Å²) >= 11 is 12.1. The van der Waals surface area contributed by atoms with Crippen LogP contribution in [-0.4, -0.2) is 30.2 Å². The Kier molecular flexibility index (Phi) is 4.71. The van der Waals surface area contributed by atoms with Crippen molar-refractivity contribution in [3.05, 3.63) is 22.3 Å². The number of aromatic nitrogens is 1. The van der Waals surface area contributed by atoms with Crippen LogP contribution in [0.25, 0.3) is 0 Å². The van der Waals surface area contributed by atoms with Gasteiger partial charge in [0.1, 0.15) is 5.82 Å². The summed E-state index contributed by atoms with van der Waals surface area (Å²) in [5.41, 5.74) is 0. The number of halogens is 2. The lowest BCUT2D eigenvalue weighted by atomic mass is 10.2. The third-order valence-corrected chi connectivity index (χ3v) is 3.75. The number of nitrogens with one attached hydrogen (secondary N) is 1. The number of nitrogens with zero attached hydrogens (tertiary/aromatic N) is 2. The van der Waals surface area contributed by atoms with Gasteiger partial charge in [0.05, 0.1) is 10.0 Å². The van der Waals surface area contributed by atoms with E-state index >= 15 is 0 Å². The van der Waals surface area contributed by atoms with Gasteiger partial charge in [-0.1, -0.05) is 23.2 Å². The van der Waals surface area contributed by atoms with Gasteiger partial charge in [-0.3, -0.25) is 0 Å². The Labute approximate surface area is 118 Å². The van der Waals surface area contributed by atoms with Gasteiger partial charge in [0.2, 0.25) is 0 Å².